The maximum atomic E-state index is 9.92. The molecule has 3 atom stereocenters. The SMILES string of the molecule is O[C@@H]1CCC[C@@H](C2c3sccc3-c3cncn32)C1. The van der Waals surface area contributed by atoms with Crippen molar-refractivity contribution in [3.63, 3.8) is 0 Å². The highest BCUT2D eigenvalue weighted by Crippen LogP contribution is 2.49. The molecule has 0 saturated heterocycles. The van der Waals surface area contributed by atoms with Gasteiger partial charge < -0.3 is 9.67 Å². The summed E-state index contributed by atoms with van der Waals surface area (Å²) < 4.78 is 2.31. The number of aliphatic hydroxyl groups is 1. The second kappa shape index (κ2) is 3.93. The molecule has 0 spiro atoms. The molecule has 2 aromatic heterocycles. The van der Waals surface area contributed by atoms with Gasteiger partial charge in [-0.3, -0.25) is 0 Å². The quantitative estimate of drug-likeness (QED) is 0.855. The zero-order chi connectivity index (χ0) is 12.1. The Morgan fingerprint density at radius 1 is 1.39 bits per heavy atom. The summed E-state index contributed by atoms with van der Waals surface area (Å²) in [5.41, 5.74) is 2.60. The Morgan fingerprint density at radius 2 is 2.33 bits per heavy atom. The third-order valence-electron chi connectivity index (χ3n) is 4.34. The fourth-order valence-electron chi connectivity index (χ4n) is 3.55. The molecule has 1 unspecified atom stereocenters. The van der Waals surface area contributed by atoms with Crippen LogP contribution in [0.2, 0.25) is 0 Å². The number of fused-ring (bicyclic) bond motifs is 3. The summed E-state index contributed by atoms with van der Waals surface area (Å²) in [6.07, 6.45) is 8.07. The van der Waals surface area contributed by atoms with Gasteiger partial charge in [0, 0.05) is 10.4 Å². The molecule has 0 bridgehead atoms. The predicted molar refractivity (Wildman–Crippen MR) is 71.6 cm³/mol. The minimum Gasteiger partial charge on any atom is -0.393 e. The molecule has 3 nitrogen and oxygen atoms in total. The van der Waals surface area contributed by atoms with Gasteiger partial charge in [-0.25, -0.2) is 4.98 Å². The molecule has 4 heteroatoms. The molecule has 18 heavy (non-hydrogen) atoms. The molecular formula is C14H16N2OS. The smallest absolute Gasteiger partial charge is 0.0957 e. The van der Waals surface area contributed by atoms with E-state index in [2.05, 4.69) is 21.0 Å². The number of rotatable bonds is 1. The van der Waals surface area contributed by atoms with Gasteiger partial charge in [-0.1, -0.05) is 6.42 Å². The molecule has 0 radical (unpaired) electrons. The van der Waals surface area contributed by atoms with E-state index < -0.39 is 0 Å². The molecular weight excluding hydrogens is 244 g/mol. The molecule has 1 aliphatic carbocycles. The molecule has 1 aliphatic heterocycles. The van der Waals surface area contributed by atoms with E-state index in [4.69, 9.17) is 0 Å². The Labute approximate surface area is 110 Å². The minimum absolute atomic E-state index is 0.111. The molecule has 4 rings (SSSR count). The van der Waals surface area contributed by atoms with Crippen molar-refractivity contribution in [1.82, 2.24) is 9.55 Å². The standard InChI is InChI=1S/C14H16N2OS/c17-10-3-1-2-9(6-10)13-14-11(4-5-18-14)12-7-15-8-16(12)13/h4-5,7-10,13,17H,1-3,6H2/t9-,10-,13?/m1/s1. The highest BCUT2D eigenvalue weighted by atomic mass is 32.1. The fourth-order valence-corrected chi connectivity index (χ4v) is 4.65. The Morgan fingerprint density at radius 3 is 3.22 bits per heavy atom. The molecule has 2 aromatic rings. The monoisotopic (exact) mass is 260 g/mol. The van der Waals surface area contributed by atoms with Crippen molar-refractivity contribution >= 4 is 11.3 Å². The summed E-state index contributed by atoms with van der Waals surface area (Å²) in [6, 6.07) is 2.61. The van der Waals surface area contributed by atoms with Crippen LogP contribution in [-0.4, -0.2) is 20.8 Å². The van der Waals surface area contributed by atoms with Crippen molar-refractivity contribution in [3.8, 4) is 11.3 Å². The van der Waals surface area contributed by atoms with Crippen LogP contribution in [-0.2, 0) is 0 Å². The second-order valence-corrected chi connectivity index (χ2v) is 6.36. The van der Waals surface area contributed by atoms with Crippen LogP contribution >= 0.6 is 11.3 Å². The lowest BCUT2D eigenvalue weighted by Crippen LogP contribution is -2.26. The molecule has 1 N–H and O–H groups in total. The van der Waals surface area contributed by atoms with Gasteiger partial charge >= 0.3 is 0 Å². The van der Waals surface area contributed by atoms with Crippen LogP contribution in [0.5, 0.6) is 0 Å². The number of hydrogen-bond acceptors (Lipinski definition) is 3. The summed E-state index contributed by atoms with van der Waals surface area (Å²) in [5, 5.41) is 12.1. The van der Waals surface area contributed by atoms with Gasteiger partial charge in [0.05, 0.1) is 30.4 Å². The van der Waals surface area contributed by atoms with Crippen molar-refractivity contribution in [2.75, 3.05) is 0 Å². The van der Waals surface area contributed by atoms with E-state index >= 15 is 0 Å². The first-order valence-electron chi connectivity index (χ1n) is 6.62. The number of imidazole rings is 1. The van der Waals surface area contributed by atoms with E-state index in [-0.39, 0.29) is 6.10 Å². The van der Waals surface area contributed by atoms with Gasteiger partial charge in [0.2, 0.25) is 0 Å². The molecule has 0 amide bonds. The van der Waals surface area contributed by atoms with Gasteiger partial charge in [0.15, 0.2) is 0 Å². The number of hydrogen-bond donors (Lipinski definition) is 1. The lowest BCUT2D eigenvalue weighted by atomic mass is 9.82. The van der Waals surface area contributed by atoms with Crippen molar-refractivity contribution < 1.29 is 5.11 Å². The zero-order valence-corrected chi connectivity index (χ0v) is 10.9. The number of aromatic nitrogens is 2. The summed E-state index contributed by atoms with van der Waals surface area (Å²) in [5.74, 6) is 0.557. The van der Waals surface area contributed by atoms with E-state index in [1.807, 2.05) is 23.9 Å². The van der Waals surface area contributed by atoms with Crippen LogP contribution in [0.25, 0.3) is 11.3 Å². The summed E-state index contributed by atoms with van der Waals surface area (Å²) >= 11 is 1.85. The Balaban J connectivity index is 1.77. The van der Waals surface area contributed by atoms with Gasteiger partial charge in [-0.15, -0.1) is 11.3 Å². The first-order chi connectivity index (χ1) is 8.84. The van der Waals surface area contributed by atoms with E-state index in [0.29, 0.717) is 12.0 Å². The Bertz CT molecular complexity index is 534. The molecule has 1 fully saturated rings. The summed E-state index contributed by atoms with van der Waals surface area (Å²) in [6.45, 7) is 0. The first-order valence-corrected chi connectivity index (χ1v) is 7.50. The number of aliphatic hydroxyl groups excluding tert-OH is 1. The largest absolute Gasteiger partial charge is 0.393 e. The zero-order valence-electron chi connectivity index (χ0n) is 10.1. The predicted octanol–water partition coefficient (Wildman–Crippen LogP) is 3.07. The summed E-state index contributed by atoms with van der Waals surface area (Å²) in [7, 11) is 0. The molecule has 3 heterocycles. The van der Waals surface area contributed by atoms with Gasteiger partial charge in [-0.05, 0) is 36.6 Å². The van der Waals surface area contributed by atoms with Crippen molar-refractivity contribution in [2.24, 2.45) is 5.92 Å². The molecule has 2 aliphatic rings. The van der Waals surface area contributed by atoms with Gasteiger partial charge in [0.25, 0.3) is 0 Å². The van der Waals surface area contributed by atoms with Crippen LogP contribution in [0.3, 0.4) is 0 Å². The number of nitrogens with zero attached hydrogens (tertiary/aromatic N) is 2. The van der Waals surface area contributed by atoms with Crippen molar-refractivity contribution in [2.45, 2.75) is 37.8 Å². The first kappa shape index (κ1) is 10.8. The average Bonchev–Trinajstić information content (AvgIpc) is 2.99. The number of thiophene rings is 1. The normalized spacial score (nSPS) is 30.2. The van der Waals surface area contributed by atoms with Crippen molar-refractivity contribution in [1.29, 1.82) is 0 Å². The topological polar surface area (TPSA) is 38.1 Å². The Hall–Kier alpha value is -1.13. The highest BCUT2D eigenvalue weighted by molar-refractivity contribution is 7.10. The minimum atomic E-state index is -0.111. The van der Waals surface area contributed by atoms with Crippen LogP contribution in [0.4, 0.5) is 0 Å². The molecule has 0 aromatic carbocycles. The van der Waals surface area contributed by atoms with Crippen LogP contribution in [0, 0.1) is 5.92 Å². The fraction of sp³-hybridized carbons (Fsp3) is 0.500. The van der Waals surface area contributed by atoms with E-state index in [0.717, 1.165) is 19.3 Å². The second-order valence-electron chi connectivity index (χ2n) is 5.41. The highest BCUT2D eigenvalue weighted by Gasteiger charge is 2.37. The molecule has 1 saturated carbocycles. The van der Waals surface area contributed by atoms with E-state index in [1.165, 1.54) is 22.6 Å². The maximum Gasteiger partial charge on any atom is 0.0957 e. The third-order valence-corrected chi connectivity index (χ3v) is 5.33. The van der Waals surface area contributed by atoms with Crippen LogP contribution in [0.1, 0.15) is 36.6 Å². The van der Waals surface area contributed by atoms with E-state index in [9.17, 15) is 5.11 Å². The van der Waals surface area contributed by atoms with Crippen LogP contribution in [0.15, 0.2) is 24.0 Å². The molecule has 94 valence electrons. The lowest BCUT2D eigenvalue weighted by molar-refractivity contribution is 0.0892. The summed E-state index contributed by atoms with van der Waals surface area (Å²) in [4.78, 5) is 5.76. The maximum absolute atomic E-state index is 9.92. The third kappa shape index (κ3) is 1.42. The Kier molecular flexibility index (Phi) is 2.35. The van der Waals surface area contributed by atoms with Gasteiger partial charge in [-0.2, -0.15) is 0 Å². The lowest BCUT2D eigenvalue weighted by Gasteiger charge is -2.31. The average molecular weight is 260 g/mol. The van der Waals surface area contributed by atoms with E-state index in [1.54, 1.807) is 0 Å². The van der Waals surface area contributed by atoms with Gasteiger partial charge in [0.1, 0.15) is 0 Å². The van der Waals surface area contributed by atoms with Crippen LogP contribution < -0.4 is 0 Å². The van der Waals surface area contributed by atoms with Crippen molar-refractivity contribution in [3.05, 3.63) is 28.8 Å².